The van der Waals surface area contributed by atoms with E-state index in [9.17, 15) is 0 Å². The molecule has 0 unspecified atom stereocenters. The molecule has 6 aromatic rings. The summed E-state index contributed by atoms with van der Waals surface area (Å²) in [7, 11) is 0. The van der Waals surface area contributed by atoms with Crippen molar-refractivity contribution in [3.63, 3.8) is 0 Å². The third kappa shape index (κ3) is 5.51. The van der Waals surface area contributed by atoms with E-state index in [0.717, 1.165) is 34.1 Å². The van der Waals surface area contributed by atoms with Crippen molar-refractivity contribution in [2.24, 2.45) is 0 Å². The predicted molar refractivity (Wildman–Crippen MR) is 171 cm³/mol. The van der Waals surface area contributed by atoms with Gasteiger partial charge in [0.15, 0.2) is 0 Å². The average Bonchev–Trinajstić information content (AvgIpc) is 3.04. The molecule has 0 heterocycles. The first-order chi connectivity index (χ1) is 19.9. The van der Waals surface area contributed by atoms with Crippen molar-refractivity contribution < 1.29 is 0 Å². The van der Waals surface area contributed by atoms with Crippen LogP contribution in [0, 0.1) is 0 Å². The number of benzene rings is 6. The van der Waals surface area contributed by atoms with Gasteiger partial charge in [-0.05, 0) is 0 Å². The SMILES string of the molecule is c1ccc([N](c2ccccc2)[Ge]([N](c2ccccc2)c2ccccc2)[N](c2ccccc2)c2ccccc2)cc1. The van der Waals surface area contributed by atoms with Crippen LogP contribution in [0.1, 0.15) is 0 Å². The molecule has 0 aliphatic heterocycles. The van der Waals surface area contributed by atoms with Crippen LogP contribution in [0.4, 0.5) is 34.1 Å². The molecule has 0 N–H and O–H groups in total. The van der Waals surface area contributed by atoms with Crippen molar-refractivity contribution in [1.82, 2.24) is 0 Å². The number of para-hydroxylation sites is 6. The summed E-state index contributed by atoms with van der Waals surface area (Å²) < 4.78 is 7.75. The van der Waals surface area contributed by atoms with Crippen molar-refractivity contribution in [2.45, 2.75) is 0 Å². The fraction of sp³-hybridized carbons (Fsp3) is 0. The van der Waals surface area contributed by atoms with Gasteiger partial charge in [0.25, 0.3) is 0 Å². The number of anilines is 6. The zero-order valence-electron chi connectivity index (χ0n) is 22.2. The molecule has 40 heavy (non-hydrogen) atoms. The molecule has 0 atom stereocenters. The van der Waals surface area contributed by atoms with Gasteiger partial charge in [0.05, 0.1) is 0 Å². The Morgan fingerprint density at radius 3 is 0.525 bits per heavy atom. The standard InChI is InChI=1S/C36H30GeN3/c1-7-19-31(20-8-1)38(32-21-9-2-10-22-32)37(39(33-23-11-3-12-24-33)34-25-13-4-14-26-34)40(35-27-15-5-16-28-35)36-29-17-6-18-30-36/h1-30H. The van der Waals surface area contributed by atoms with Crippen LogP contribution >= 0.6 is 0 Å². The summed E-state index contributed by atoms with van der Waals surface area (Å²) in [5.74, 6) is 0. The number of hydrogen-bond acceptors (Lipinski definition) is 3. The maximum atomic E-state index is 2.58. The van der Waals surface area contributed by atoms with Crippen molar-refractivity contribution in [2.75, 3.05) is 11.6 Å². The summed E-state index contributed by atoms with van der Waals surface area (Å²) in [6.07, 6.45) is 0. The van der Waals surface area contributed by atoms with E-state index in [-0.39, 0.29) is 0 Å². The van der Waals surface area contributed by atoms with Gasteiger partial charge in [-0.1, -0.05) is 0 Å². The third-order valence-corrected chi connectivity index (χ3v) is 12.5. The molecule has 193 valence electrons. The molecule has 0 saturated carbocycles. The molecule has 0 aliphatic rings. The van der Waals surface area contributed by atoms with Crippen LogP contribution in [0.15, 0.2) is 182 Å². The molecule has 0 saturated heterocycles. The topological polar surface area (TPSA) is 9.72 Å². The second-order valence-electron chi connectivity index (χ2n) is 9.32. The predicted octanol–water partition coefficient (Wildman–Crippen LogP) is 9.49. The Bertz CT molecular complexity index is 1270. The Balaban J connectivity index is 1.69. The van der Waals surface area contributed by atoms with Gasteiger partial charge >= 0.3 is 243 Å². The quantitative estimate of drug-likeness (QED) is 0.159. The van der Waals surface area contributed by atoms with E-state index in [2.05, 4.69) is 194 Å². The van der Waals surface area contributed by atoms with Gasteiger partial charge in [0, 0.05) is 0 Å². The first-order valence-electron chi connectivity index (χ1n) is 13.5. The molecular formula is C36H30GeN3. The second-order valence-corrected chi connectivity index (χ2v) is 13.4. The van der Waals surface area contributed by atoms with E-state index in [1.54, 1.807) is 0 Å². The van der Waals surface area contributed by atoms with Gasteiger partial charge in [0.2, 0.25) is 0 Å². The van der Waals surface area contributed by atoms with Crippen molar-refractivity contribution >= 4 is 49.1 Å². The van der Waals surface area contributed by atoms with Crippen molar-refractivity contribution in [3.05, 3.63) is 182 Å². The molecule has 4 heteroatoms. The van der Waals surface area contributed by atoms with E-state index >= 15 is 0 Å². The fourth-order valence-corrected chi connectivity index (χ4v) is 10.9. The summed E-state index contributed by atoms with van der Waals surface area (Å²) in [4.78, 5) is 0. The summed E-state index contributed by atoms with van der Waals surface area (Å²) in [6.45, 7) is 0. The van der Waals surface area contributed by atoms with Crippen molar-refractivity contribution in [3.8, 4) is 0 Å². The number of rotatable bonds is 9. The minimum absolute atomic E-state index is 1.16. The van der Waals surface area contributed by atoms with Crippen LogP contribution in [0.25, 0.3) is 0 Å². The van der Waals surface area contributed by atoms with Crippen LogP contribution in [0.3, 0.4) is 0 Å². The fourth-order valence-electron chi connectivity index (χ4n) is 4.90. The molecule has 0 bridgehead atoms. The third-order valence-electron chi connectivity index (χ3n) is 6.69. The van der Waals surface area contributed by atoms with E-state index < -0.39 is 15.0 Å². The van der Waals surface area contributed by atoms with Gasteiger partial charge in [-0.25, -0.2) is 0 Å². The van der Waals surface area contributed by atoms with E-state index in [0.29, 0.717) is 0 Å². The molecule has 6 rings (SSSR count). The summed E-state index contributed by atoms with van der Waals surface area (Å²) in [5.41, 5.74) is 6.99. The molecule has 0 fully saturated rings. The molecule has 0 spiro atoms. The van der Waals surface area contributed by atoms with E-state index in [1.165, 1.54) is 0 Å². The van der Waals surface area contributed by atoms with Gasteiger partial charge in [-0.3, -0.25) is 0 Å². The Morgan fingerprint density at radius 2 is 0.375 bits per heavy atom. The average molecular weight is 577 g/mol. The van der Waals surface area contributed by atoms with Crippen LogP contribution in [0.2, 0.25) is 0 Å². The van der Waals surface area contributed by atoms with E-state index in [4.69, 9.17) is 0 Å². The molecule has 6 aromatic carbocycles. The van der Waals surface area contributed by atoms with Crippen molar-refractivity contribution in [1.29, 1.82) is 0 Å². The zero-order valence-corrected chi connectivity index (χ0v) is 24.3. The van der Waals surface area contributed by atoms with E-state index in [1.807, 2.05) is 0 Å². The molecule has 0 aliphatic carbocycles. The first kappa shape index (κ1) is 25.5. The first-order valence-corrected chi connectivity index (χ1v) is 16.3. The molecule has 3 nitrogen and oxygen atoms in total. The van der Waals surface area contributed by atoms with Gasteiger partial charge in [0.1, 0.15) is 0 Å². The summed E-state index contributed by atoms with van der Waals surface area (Å²) >= 11 is -2.86. The Morgan fingerprint density at radius 1 is 0.225 bits per heavy atom. The molecular weight excluding hydrogens is 547 g/mol. The van der Waals surface area contributed by atoms with Gasteiger partial charge in [-0.15, -0.1) is 0 Å². The summed E-state index contributed by atoms with van der Waals surface area (Å²) in [6, 6.07) is 64.8. The minimum atomic E-state index is -2.86. The summed E-state index contributed by atoms with van der Waals surface area (Å²) in [5, 5.41) is 0. The Labute approximate surface area is 242 Å². The zero-order chi connectivity index (χ0) is 27.0. The van der Waals surface area contributed by atoms with Crippen LogP contribution in [-0.4, -0.2) is 15.0 Å². The molecule has 0 aromatic heterocycles. The number of nitrogens with zero attached hydrogens (tertiary/aromatic N) is 3. The monoisotopic (exact) mass is 578 g/mol. The second kappa shape index (κ2) is 12.4. The number of hydrogen-bond donors (Lipinski definition) is 0. The van der Waals surface area contributed by atoms with Crippen LogP contribution in [0.5, 0.6) is 0 Å². The molecule has 1 radical (unpaired) electrons. The van der Waals surface area contributed by atoms with Crippen LogP contribution < -0.4 is 11.6 Å². The molecule has 0 amide bonds. The Kier molecular flexibility index (Phi) is 7.92. The normalized spacial score (nSPS) is 10.7. The van der Waals surface area contributed by atoms with Gasteiger partial charge < -0.3 is 0 Å². The van der Waals surface area contributed by atoms with Crippen LogP contribution in [-0.2, 0) is 0 Å². The maximum absolute atomic E-state index is 2.86. The Hall–Kier alpha value is -4.74. The van der Waals surface area contributed by atoms with Gasteiger partial charge in [-0.2, -0.15) is 0 Å².